The molecule has 1 amide bonds. The molecule has 0 aliphatic rings. The van der Waals surface area contributed by atoms with Gasteiger partial charge < -0.3 is 10.6 Å². The van der Waals surface area contributed by atoms with Crippen molar-refractivity contribution in [3.8, 4) is 0 Å². The Morgan fingerprint density at radius 1 is 1.12 bits per heavy atom. The van der Waals surface area contributed by atoms with E-state index in [-0.39, 0.29) is 5.91 Å². The van der Waals surface area contributed by atoms with Gasteiger partial charge in [0.1, 0.15) is 17.3 Å². The van der Waals surface area contributed by atoms with Crippen LogP contribution in [0.25, 0.3) is 0 Å². The highest BCUT2D eigenvalue weighted by molar-refractivity contribution is 5.93. The zero-order valence-electron chi connectivity index (χ0n) is 15.1. The van der Waals surface area contributed by atoms with Gasteiger partial charge in [-0.05, 0) is 50.3 Å². The molecule has 0 atom stereocenters. The maximum Gasteiger partial charge on any atom is 0.270 e. The Morgan fingerprint density at radius 2 is 1.88 bits per heavy atom. The number of aromatic nitrogens is 2. The lowest BCUT2D eigenvalue weighted by Crippen LogP contribution is -2.26. The van der Waals surface area contributed by atoms with Crippen LogP contribution in [-0.2, 0) is 0 Å². The minimum absolute atomic E-state index is 0.162. The third kappa shape index (κ3) is 5.05. The summed E-state index contributed by atoms with van der Waals surface area (Å²) < 4.78 is 0. The molecule has 0 saturated carbocycles. The predicted octanol–water partition coefficient (Wildman–Crippen LogP) is 3.92. The number of aryl methyl sites for hydroxylation is 3. The standard InChI is InChI=1S/C19H26N4O/c1-12(2)8-9-20-19(24)17-11-18(22-15(5)21-17)23-16-10-13(3)6-7-14(16)4/h6-7,10-12H,8-9H2,1-5H3,(H,20,24)(H,21,22,23). The first-order chi connectivity index (χ1) is 11.3. The number of nitrogens with one attached hydrogen (secondary N) is 2. The number of nitrogens with zero attached hydrogens (tertiary/aromatic N) is 2. The molecule has 0 aliphatic heterocycles. The van der Waals surface area contributed by atoms with Crippen molar-refractivity contribution in [3.05, 3.63) is 46.9 Å². The van der Waals surface area contributed by atoms with E-state index in [1.54, 1.807) is 13.0 Å². The zero-order chi connectivity index (χ0) is 17.7. The smallest absolute Gasteiger partial charge is 0.270 e. The maximum absolute atomic E-state index is 12.3. The third-order valence-corrected chi connectivity index (χ3v) is 3.73. The fourth-order valence-corrected chi connectivity index (χ4v) is 2.32. The van der Waals surface area contributed by atoms with Crippen molar-refractivity contribution < 1.29 is 4.79 Å². The normalized spacial score (nSPS) is 10.8. The number of rotatable bonds is 6. The van der Waals surface area contributed by atoms with Crippen molar-refractivity contribution >= 4 is 17.4 Å². The Hall–Kier alpha value is -2.43. The van der Waals surface area contributed by atoms with Gasteiger partial charge >= 0.3 is 0 Å². The Kier molecular flexibility index (Phi) is 5.90. The fourth-order valence-electron chi connectivity index (χ4n) is 2.32. The molecule has 128 valence electrons. The molecule has 0 radical (unpaired) electrons. The van der Waals surface area contributed by atoms with E-state index in [1.165, 1.54) is 5.56 Å². The van der Waals surface area contributed by atoms with E-state index in [4.69, 9.17) is 0 Å². The summed E-state index contributed by atoms with van der Waals surface area (Å²) in [5.41, 5.74) is 3.67. The van der Waals surface area contributed by atoms with Gasteiger partial charge in [0.15, 0.2) is 0 Å². The van der Waals surface area contributed by atoms with Gasteiger partial charge in [0.25, 0.3) is 5.91 Å². The lowest BCUT2D eigenvalue weighted by molar-refractivity contribution is 0.0946. The average Bonchev–Trinajstić information content (AvgIpc) is 2.50. The SMILES string of the molecule is Cc1ccc(C)c(Nc2cc(C(=O)NCCC(C)C)nc(C)n2)c1. The van der Waals surface area contributed by atoms with Crippen molar-refractivity contribution in [2.24, 2.45) is 5.92 Å². The molecule has 24 heavy (non-hydrogen) atoms. The number of hydrogen-bond donors (Lipinski definition) is 2. The summed E-state index contributed by atoms with van der Waals surface area (Å²) in [5.74, 6) is 1.59. The van der Waals surface area contributed by atoms with Crippen molar-refractivity contribution in [1.82, 2.24) is 15.3 Å². The number of carbonyl (C=O) groups is 1. The molecule has 0 saturated heterocycles. The van der Waals surface area contributed by atoms with Gasteiger partial charge in [0.05, 0.1) is 0 Å². The van der Waals surface area contributed by atoms with Gasteiger partial charge in [0, 0.05) is 18.3 Å². The molecular weight excluding hydrogens is 300 g/mol. The highest BCUT2D eigenvalue weighted by Crippen LogP contribution is 2.21. The molecule has 2 aromatic rings. The summed E-state index contributed by atoms with van der Waals surface area (Å²) in [6.45, 7) is 10.8. The average molecular weight is 326 g/mol. The molecule has 0 bridgehead atoms. The molecule has 0 fully saturated rings. The van der Waals surface area contributed by atoms with Gasteiger partial charge in [-0.15, -0.1) is 0 Å². The highest BCUT2D eigenvalue weighted by atomic mass is 16.1. The van der Waals surface area contributed by atoms with Crippen molar-refractivity contribution in [2.45, 2.75) is 41.0 Å². The second-order valence-corrected chi connectivity index (χ2v) is 6.57. The van der Waals surface area contributed by atoms with E-state index in [0.29, 0.717) is 29.8 Å². The minimum Gasteiger partial charge on any atom is -0.351 e. The van der Waals surface area contributed by atoms with E-state index in [2.05, 4.69) is 52.6 Å². The first-order valence-corrected chi connectivity index (χ1v) is 8.33. The fraction of sp³-hybridized carbons (Fsp3) is 0.421. The topological polar surface area (TPSA) is 66.9 Å². The van der Waals surface area contributed by atoms with Crippen LogP contribution < -0.4 is 10.6 Å². The van der Waals surface area contributed by atoms with E-state index >= 15 is 0 Å². The van der Waals surface area contributed by atoms with E-state index in [9.17, 15) is 4.79 Å². The summed E-state index contributed by atoms with van der Waals surface area (Å²) in [7, 11) is 0. The first kappa shape index (κ1) is 17.9. The van der Waals surface area contributed by atoms with Crippen LogP contribution in [0, 0.1) is 26.7 Å². The van der Waals surface area contributed by atoms with Crippen LogP contribution >= 0.6 is 0 Å². The number of carbonyl (C=O) groups excluding carboxylic acids is 1. The van der Waals surface area contributed by atoms with Crippen molar-refractivity contribution in [1.29, 1.82) is 0 Å². The molecule has 0 unspecified atom stereocenters. The summed E-state index contributed by atoms with van der Waals surface area (Å²) in [6, 6.07) is 7.89. The lowest BCUT2D eigenvalue weighted by atomic mass is 10.1. The maximum atomic E-state index is 12.3. The lowest BCUT2D eigenvalue weighted by Gasteiger charge is -2.12. The molecule has 0 aliphatic carbocycles. The van der Waals surface area contributed by atoms with Crippen LogP contribution in [0.1, 0.15) is 47.7 Å². The van der Waals surface area contributed by atoms with Gasteiger partial charge in [-0.1, -0.05) is 26.0 Å². The Bertz CT molecular complexity index is 725. The molecule has 1 heterocycles. The Balaban J connectivity index is 2.16. The van der Waals surface area contributed by atoms with Crippen molar-refractivity contribution in [3.63, 3.8) is 0 Å². The molecule has 2 rings (SSSR count). The third-order valence-electron chi connectivity index (χ3n) is 3.73. The number of amides is 1. The minimum atomic E-state index is -0.162. The second-order valence-electron chi connectivity index (χ2n) is 6.57. The molecule has 5 heteroatoms. The van der Waals surface area contributed by atoms with Crippen LogP contribution in [0.15, 0.2) is 24.3 Å². The Morgan fingerprint density at radius 3 is 2.58 bits per heavy atom. The van der Waals surface area contributed by atoms with Crippen LogP contribution in [0.4, 0.5) is 11.5 Å². The zero-order valence-corrected chi connectivity index (χ0v) is 15.1. The predicted molar refractivity (Wildman–Crippen MR) is 97.8 cm³/mol. The second kappa shape index (κ2) is 7.90. The van der Waals surface area contributed by atoms with Gasteiger partial charge in [0.2, 0.25) is 0 Å². The number of anilines is 2. The highest BCUT2D eigenvalue weighted by Gasteiger charge is 2.11. The van der Waals surface area contributed by atoms with Gasteiger partial charge in [-0.2, -0.15) is 0 Å². The van der Waals surface area contributed by atoms with E-state index in [1.807, 2.05) is 13.8 Å². The molecular formula is C19H26N4O. The van der Waals surface area contributed by atoms with Gasteiger partial charge in [-0.25, -0.2) is 9.97 Å². The van der Waals surface area contributed by atoms with Crippen LogP contribution in [0.5, 0.6) is 0 Å². The molecule has 1 aromatic heterocycles. The first-order valence-electron chi connectivity index (χ1n) is 8.33. The molecule has 5 nitrogen and oxygen atoms in total. The number of hydrogen-bond acceptors (Lipinski definition) is 4. The Labute approximate surface area is 143 Å². The van der Waals surface area contributed by atoms with E-state index < -0.39 is 0 Å². The summed E-state index contributed by atoms with van der Waals surface area (Å²) in [5, 5.41) is 6.20. The summed E-state index contributed by atoms with van der Waals surface area (Å²) in [4.78, 5) is 20.9. The summed E-state index contributed by atoms with van der Waals surface area (Å²) in [6.07, 6.45) is 0.948. The van der Waals surface area contributed by atoms with Crippen molar-refractivity contribution in [2.75, 3.05) is 11.9 Å². The quantitative estimate of drug-likeness (QED) is 0.844. The monoisotopic (exact) mass is 326 g/mol. The molecule has 1 aromatic carbocycles. The summed E-state index contributed by atoms with van der Waals surface area (Å²) >= 11 is 0. The van der Waals surface area contributed by atoms with Crippen LogP contribution in [-0.4, -0.2) is 22.4 Å². The van der Waals surface area contributed by atoms with E-state index in [0.717, 1.165) is 17.7 Å². The largest absolute Gasteiger partial charge is 0.351 e. The van der Waals surface area contributed by atoms with Gasteiger partial charge in [-0.3, -0.25) is 4.79 Å². The molecule has 2 N–H and O–H groups in total. The number of benzene rings is 1. The van der Waals surface area contributed by atoms with Crippen LogP contribution in [0.3, 0.4) is 0 Å². The van der Waals surface area contributed by atoms with Crippen LogP contribution in [0.2, 0.25) is 0 Å². The molecule has 0 spiro atoms.